The Bertz CT molecular complexity index is 553. The van der Waals surface area contributed by atoms with Crippen molar-refractivity contribution in [2.45, 2.75) is 25.3 Å². The Morgan fingerprint density at radius 2 is 1.78 bits per heavy atom. The van der Waals surface area contributed by atoms with E-state index in [1.807, 2.05) is 0 Å². The molecule has 0 radical (unpaired) electrons. The van der Waals surface area contributed by atoms with Crippen LogP contribution in [0, 0.1) is 0 Å². The summed E-state index contributed by atoms with van der Waals surface area (Å²) < 4.78 is 9.70. The molecular weight excluding hydrogens is 379 g/mol. The van der Waals surface area contributed by atoms with Gasteiger partial charge in [0.1, 0.15) is 5.75 Å². The average Bonchev–Trinajstić information content (AvgIpc) is 2.49. The van der Waals surface area contributed by atoms with Crippen LogP contribution in [0.5, 0.6) is 5.75 Å². The normalized spacial score (nSPS) is 11.5. The molecule has 4 nitrogen and oxygen atoms in total. The Balaban J connectivity index is 2.38. The lowest BCUT2D eigenvalue weighted by atomic mass is 10.2. The van der Waals surface area contributed by atoms with Crippen molar-refractivity contribution in [3.8, 4) is 5.75 Å². The fraction of sp³-hybridized carbons (Fsp3) is 0.333. The van der Waals surface area contributed by atoms with Gasteiger partial charge in [-0.3, -0.25) is 4.79 Å². The minimum Gasteiger partial charge on any atom is -0.466 e. The first kappa shape index (κ1) is 20.0. The number of rotatable bonds is 8. The number of methoxy groups -OCH3 is 1. The molecule has 0 atom stereocenters. The quantitative estimate of drug-likeness (QED) is 0.161. The molecule has 1 aromatic carbocycles. The number of benzene rings is 1. The second-order valence-corrected chi connectivity index (χ2v) is 14.0. The minimum absolute atomic E-state index is 0.277. The van der Waals surface area contributed by atoms with Gasteiger partial charge in [0.05, 0.1) is 7.11 Å². The van der Waals surface area contributed by atoms with Gasteiger partial charge in [0, 0.05) is 12.5 Å². The van der Waals surface area contributed by atoms with Gasteiger partial charge in [0.2, 0.25) is 0 Å². The van der Waals surface area contributed by atoms with Crippen molar-refractivity contribution in [3.63, 3.8) is 0 Å². The van der Waals surface area contributed by atoms with Gasteiger partial charge in [0.25, 0.3) is 0 Å². The van der Waals surface area contributed by atoms with Gasteiger partial charge in [-0.1, -0.05) is 18.6 Å². The first-order valence-electron chi connectivity index (χ1n) is 6.93. The highest BCUT2D eigenvalue weighted by molar-refractivity contribution is 7.64. The summed E-state index contributed by atoms with van der Waals surface area (Å²) in [6.07, 6.45) is 4.51. The van der Waals surface area contributed by atoms with Crippen LogP contribution >= 0.6 is 33.2 Å². The Kier molecular flexibility index (Phi) is 8.69. The van der Waals surface area contributed by atoms with E-state index in [1.54, 1.807) is 30.3 Å². The third kappa shape index (κ3) is 9.66. The maximum Gasteiger partial charge on any atom is 0.341 e. The molecule has 0 aliphatic heterocycles. The molecule has 0 fully saturated rings. The number of hydrogen-bond acceptors (Lipinski definition) is 4. The van der Waals surface area contributed by atoms with E-state index in [4.69, 9.17) is 38.0 Å². The molecule has 23 heavy (non-hydrogen) atoms. The highest BCUT2D eigenvalue weighted by Crippen LogP contribution is 2.27. The van der Waals surface area contributed by atoms with E-state index in [1.165, 1.54) is 13.2 Å². The van der Waals surface area contributed by atoms with Crippen molar-refractivity contribution in [2.75, 3.05) is 7.11 Å². The van der Waals surface area contributed by atoms with Crippen molar-refractivity contribution < 1.29 is 19.1 Å². The number of halogens is 3. The first-order chi connectivity index (χ1) is 10.8. The summed E-state index contributed by atoms with van der Waals surface area (Å²) in [6.45, 7) is 0. The van der Waals surface area contributed by atoms with Crippen LogP contribution in [0.1, 0.15) is 24.8 Å². The lowest BCUT2D eigenvalue weighted by molar-refractivity contribution is -0.135. The minimum atomic E-state index is -2.60. The maximum atomic E-state index is 11.7. The Labute approximate surface area is 150 Å². The Morgan fingerprint density at radius 1 is 1.13 bits per heavy atom. The topological polar surface area (TPSA) is 52.6 Å². The molecule has 0 aliphatic carbocycles. The summed E-state index contributed by atoms with van der Waals surface area (Å²) in [6, 6.07) is 4.71. The molecular formula is C15H17Cl3O4Si. The number of esters is 2. The van der Waals surface area contributed by atoms with Crippen LogP contribution in [0.25, 0.3) is 6.08 Å². The van der Waals surface area contributed by atoms with Gasteiger partial charge in [-0.15, -0.1) is 33.2 Å². The predicted octanol–water partition coefficient (Wildman–Crippen LogP) is 4.60. The molecule has 8 heteroatoms. The number of carbonyl (C=O) groups excluding carboxylic acids is 2. The van der Waals surface area contributed by atoms with Crippen LogP contribution < -0.4 is 4.74 Å². The van der Waals surface area contributed by atoms with Crippen molar-refractivity contribution in [3.05, 3.63) is 35.9 Å². The summed E-state index contributed by atoms with van der Waals surface area (Å²) in [5, 5.41) is 0. The van der Waals surface area contributed by atoms with Crippen LogP contribution in [0.3, 0.4) is 0 Å². The lowest BCUT2D eigenvalue weighted by Gasteiger charge is -2.07. The van der Waals surface area contributed by atoms with Crippen LogP contribution in [0.2, 0.25) is 6.04 Å². The van der Waals surface area contributed by atoms with Crippen LogP contribution in [0.15, 0.2) is 30.3 Å². The van der Waals surface area contributed by atoms with Crippen LogP contribution in [-0.2, 0) is 14.3 Å². The molecule has 0 saturated carbocycles. The smallest absolute Gasteiger partial charge is 0.341 e. The second-order valence-electron chi connectivity index (χ2n) is 4.72. The number of hydrogen-bond donors (Lipinski definition) is 0. The van der Waals surface area contributed by atoms with Gasteiger partial charge >= 0.3 is 17.9 Å². The number of ether oxygens (including phenoxy) is 2. The van der Waals surface area contributed by atoms with Crippen molar-refractivity contribution in [1.82, 2.24) is 0 Å². The van der Waals surface area contributed by atoms with Crippen molar-refractivity contribution >= 4 is 57.3 Å². The zero-order chi connectivity index (χ0) is 17.3. The molecule has 0 aromatic heterocycles. The van der Waals surface area contributed by atoms with Gasteiger partial charge in [-0.25, -0.2) is 4.79 Å². The van der Waals surface area contributed by atoms with E-state index in [-0.39, 0.29) is 12.4 Å². The number of carbonyl (C=O) groups is 2. The molecule has 0 unspecified atom stereocenters. The van der Waals surface area contributed by atoms with Gasteiger partial charge in [-0.05, 0) is 36.2 Å². The Hall–Kier alpha value is -1.01. The molecule has 0 bridgehead atoms. The summed E-state index contributed by atoms with van der Waals surface area (Å²) in [7, 11) is 1.31. The molecule has 0 amide bonds. The van der Waals surface area contributed by atoms with Crippen LogP contribution in [0.4, 0.5) is 0 Å². The third-order valence-electron chi connectivity index (χ3n) is 2.82. The highest BCUT2D eigenvalue weighted by Gasteiger charge is 2.23. The molecule has 0 saturated heterocycles. The van der Waals surface area contributed by atoms with Gasteiger partial charge in [0.15, 0.2) is 0 Å². The van der Waals surface area contributed by atoms with Crippen LogP contribution in [-0.4, -0.2) is 25.1 Å². The fourth-order valence-corrected chi connectivity index (χ4v) is 3.51. The molecule has 0 heterocycles. The predicted molar refractivity (Wildman–Crippen MR) is 95.1 cm³/mol. The molecule has 0 spiro atoms. The Morgan fingerprint density at radius 3 is 2.35 bits per heavy atom. The molecule has 126 valence electrons. The second kappa shape index (κ2) is 9.98. The van der Waals surface area contributed by atoms with E-state index in [9.17, 15) is 9.59 Å². The van der Waals surface area contributed by atoms with Crippen molar-refractivity contribution in [1.29, 1.82) is 0 Å². The summed E-state index contributed by atoms with van der Waals surface area (Å²) in [5.41, 5.74) is 0.794. The lowest BCUT2D eigenvalue weighted by Crippen LogP contribution is -2.10. The van der Waals surface area contributed by atoms with E-state index >= 15 is 0 Å². The maximum absolute atomic E-state index is 11.7. The van der Waals surface area contributed by atoms with E-state index < -0.39 is 12.0 Å². The summed E-state index contributed by atoms with van der Waals surface area (Å²) >= 11 is 17.3. The standard InChI is InChI=1S/C15H17Cl3O4Si/c1-21-14(19)10-7-12-5-8-13(9-6-12)22-15(20)4-2-3-11-23(16,17)18/h5-10H,2-4,11H2,1H3/b10-7+. The average molecular weight is 396 g/mol. The summed E-state index contributed by atoms with van der Waals surface area (Å²) in [4.78, 5) is 22.7. The highest BCUT2D eigenvalue weighted by atomic mass is 35.8. The van der Waals surface area contributed by atoms with Gasteiger partial charge < -0.3 is 9.47 Å². The van der Waals surface area contributed by atoms with Crippen molar-refractivity contribution in [2.24, 2.45) is 0 Å². The van der Waals surface area contributed by atoms with E-state index in [2.05, 4.69) is 4.74 Å². The zero-order valence-electron chi connectivity index (χ0n) is 12.6. The van der Waals surface area contributed by atoms with E-state index in [0.717, 1.165) is 5.56 Å². The van der Waals surface area contributed by atoms with Gasteiger partial charge in [-0.2, -0.15) is 0 Å². The molecule has 1 aromatic rings. The summed E-state index contributed by atoms with van der Waals surface area (Å²) in [5.74, 6) is -0.312. The monoisotopic (exact) mass is 394 g/mol. The number of unbranched alkanes of at least 4 members (excludes halogenated alkanes) is 1. The molecule has 0 N–H and O–H groups in total. The van der Waals surface area contributed by atoms with E-state index in [0.29, 0.717) is 24.6 Å². The fourth-order valence-electron chi connectivity index (χ4n) is 1.66. The zero-order valence-corrected chi connectivity index (χ0v) is 15.8. The first-order valence-corrected chi connectivity index (χ1v) is 12.2. The molecule has 1 rings (SSSR count). The molecule has 0 aliphatic rings. The third-order valence-corrected chi connectivity index (χ3v) is 5.44. The SMILES string of the molecule is COC(=O)/C=C/c1ccc(OC(=O)CCCC[Si](Cl)(Cl)Cl)cc1. The largest absolute Gasteiger partial charge is 0.466 e.